The molecule has 1 aliphatic rings. The fourth-order valence-electron chi connectivity index (χ4n) is 2.96. The molecule has 26 heavy (non-hydrogen) atoms. The summed E-state index contributed by atoms with van der Waals surface area (Å²) < 4.78 is 29.7. The van der Waals surface area contributed by atoms with Crippen LogP contribution in [0.2, 0.25) is 0 Å². The largest absolute Gasteiger partial charge is 0.496 e. The molecule has 0 radical (unpaired) electrons. The molecule has 1 unspecified atom stereocenters. The van der Waals surface area contributed by atoms with Crippen LogP contribution in [0, 0.1) is 5.82 Å². The molecule has 1 atom stereocenters. The van der Waals surface area contributed by atoms with Gasteiger partial charge in [0.25, 0.3) is 0 Å². The lowest BCUT2D eigenvalue weighted by atomic mass is 10.1. The predicted molar refractivity (Wildman–Crippen MR) is 98.2 cm³/mol. The molecule has 1 aliphatic heterocycles. The van der Waals surface area contributed by atoms with Crippen LogP contribution < -0.4 is 14.2 Å². The SMILES string of the molecule is COc1cc(OC)c(C2SCC(=O)N2Cc2cccc(F)c2)cc1OC. The van der Waals surface area contributed by atoms with E-state index in [0.717, 1.165) is 11.1 Å². The maximum Gasteiger partial charge on any atom is 0.234 e. The van der Waals surface area contributed by atoms with Gasteiger partial charge in [-0.15, -0.1) is 11.8 Å². The van der Waals surface area contributed by atoms with Gasteiger partial charge >= 0.3 is 0 Å². The number of thioether (sulfide) groups is 1. The molecule has 0 N–H and O–H groups in total. The van der Waals surface area contributed by atoms with Crippen molar-refractivity contribution in [2.24, 2.45) is 0 Å². The van der Waals surface area contributed by atoms with Crippen LogP contribution >= 0.6 is 11.8 Å². The number of rotatable bonds is 6. The number of methoxy groups -OCH3 is 3. The predicted octanol–water partition coefficient (Wildman–Crippen LogP) is 3.63. The molecule has 1 amide bonds. The molecule has 138 valence electrons. The first-order valence-electron chi connectivity index (χ1n) is 8.02. The molecular weight excluding hydrogens is 357 g/mol. The van der Waals surface area contributed by atoms with Gasteiger partial charge in [-0.2, -0.15) is 0 Å². The smallest absolute Gasteiger partial charge is 0.234 e. The van der Waals surface area contributed by atoms with Gasteiger partial charge in [0.05, 0.1) is 27.1 Å². The number of halogens is 1. The van der Waals surface area contributed by atoms with Gasteiger partial charge < -0.3 is 19.1 Å². The molecule has 1 fully saturated rings. The van der Waals surface area contributed by atoms with Gasteiger partial charge in [0, 0.05) is 18.2 Å². The summed E-state index contributed by atoms with van der Waals surface area (Å²) in [5, 5.41) is -0.250. The van der Waals surface area contributed by atoms with Crippen molar-refractivity contribution in [3.8, 4) is 17.2 Å². The van der Waals surface area contributed by atoms with Crippen LogP contribution in [0.3, 0.4) is 0 Å². The third-order valence-electron chi connectivity index (χ3n) is 4.21. The molecule has 0 saturated carbocycles. The quantitative estimate of drug-likeness (QED) is 0.769. The summed E-state index contributed by atoms with van der Waals surface area (Å²) in [7, 11) is 4.69. The van der Waals surface area contributed by atoms with E-state index in [0.29, 0.717) is 29.5 Å². The Hall–Kier alpha value is -2.41. The number of carbonyl (C=O) groups is 1. The number of hydrogen-bond donors (Lipinski definition) is 0. The third-order valence-corrected chi connectivity index (χ3v) is 5.45. The molecule has 5 nitrogen and oxygen atoms in total. The molecule has 7 heteroatoms. The fourth-order valence-corrected chi connectivity index (χ4v) is 4.16. The number of hydrogen-bond acceptors (Lipinski definition) is 5. The van der Waals surface area contributed by atoms with Crippen LogP contribution in [0.4, 0.5) is 4.39 Å². The molecule has 2 aromatic rings. The van der Waals surface area contributed by atoms with Crippen LogP contribution in [0.25, 0.3) is 0 Å². The van der Waals surface area contributed by atoms with E-state index >= 15 is 0 Å². The normalized spacial score (nSPS) is 16.7. The fraction of sp³-hybridized carbons (Fsp3) is 0.316. The summed E-state index contributed by atoms with van der Waals surface area (Å²) in [4.78, 5) is 14.2. The van der Waals surface area contributed by atoms with E-state index in [1.165, 1.54) is 23.9 Å². The van der Waals surface area contributed by atoms with Crippen molar-refractivity contribution >= 4 is 17.7 Å². The summed E-state index contributed by atoms with van der Waals surface area (Å²) in [5.74, 6) is 1.77. The second-order valence-electron chi connectivity index (χ2n) is 5.76. The summed E-state index contributed by atoms with van der Waals surface area (Å²) in [5.41, 5.74) is 1.56. The van der Waals surface area contributed by atoms with Gasteiger partial charge in [0.2, 0.25) is 5.91 Å². The van der Waals surface area contributed by atoms with Crippen LogP contribution in [-0.2, 0) is 11.3 Å². The van der Waals surface area contributed by atoms with E-state index in [4.69, 9.17) is 14.2 Å². The number of carbonyl (C=O) groups excluding carboxylic acids is 1. The Morgan fingerprint density at radius 3 is 2.42 bits per heavy atom. The highest BCUT2D eigenvalue weighted by Gasteiger charge is 2.35. The maximum absolute atomic E-state index is 13.5. The summed E-state index contributed by atoms with van der Waals surface area (Å²) in [6.07, 6.45) is 0. The first-order valence-corrected chi connectivity index (χ1v) is 9.07. The van der Waals surface area contributed by atoms with E-state index in [1.807, 2.05) is 12.1 Å². The molecule has 2 aromatic carbocycles. The van der Waals surface area contributed by atoms with Crippen molar-refractivity contribution in [2.75, 3.05) is 27.1 Å². The second kappa shape index (κ2) is 7.86. The van der Waals surface area contributed by atoms with Crippen molar-refractivity contribution in [1.82, 2.24) is 4.90 Å². The van der Waals surface area contributed by atoms with E-state index in [9.17, 15) is 9.18 Å². The average molecular weight is 377 g/mol. The highest BCUT2D eigenvalue weighted by molar-refractivity contribution is 8.00. The molecule has 0 aliphatic carbocycles. The Labute approximate surface area is 156 Å². The lowest BCUT2D eigenvalue weighted by Crippen LogP contribution is -2.28. The van der Waals surface area contributed by atoms with E-state index in [1.54, 1.807) is 38.4 Å². The van der Waals surface area contributed by atoms with Crippen molar-refractivity contribution in [3.63, 3.8) is 0 Å². The summed E-state index contributed by atoms with van der Waals surface area (Å²) in [6.45, 7) is 0.325. The third kappa shape index (κ3) is 3.58. The van der Waals surface area contributed by atoms with Crippen molar-refractivity contribution < 1.29 is 23.4 Å². The Kier molecular flexibility index (Phi) is 5.56. The molecular formula is C19H20FNO4S. The van der Waals surface area contributed by atoms with Gasteiger partial charge in [0.1, 0.15) is 16.9 Å². The topological polar surface area (TPSA) is 48.0 Å². The summed E-state index contributed by atoms with van der Waals surface area (Å²) >= 11 is 1.50. The zero-order valence-corrected chi connectivity index (χ0v) is 15.6. The van der Waals surface area contributed by atoms with Gasteiger partial charge in [0.15, 0.2) is 11.5 Å². The number of amides is 1. The lowest BCUT2D eigenvalue weighted by molar-refractivity contribution is -0.128. The Bertz CT molecular complexity index is 814. The average Bonchev–Trinajstić information content (AvgIpc) is 3.01. The molecule has 0 aromatic heterocycles. The van der Waals surface area contributed by atoms with Crippen LogP contribution in [0.5, 0.6) is 17.2 Å². The molecule has 1 heterocycles. The minimum atomic E-state index is -0.318. The summed E-state index contributed by atoms with van der Waals surface area (Å²) in [6, 6.07) is 9.86. The lowest BCUT2D eigenvalue weighted by Gasteiger charge is -2.26. The van der Waals surface area contributed by atoms with Gasteiger partial charge in [-0.25, -0.2) is 4.39 Å². The Morgan fingerprint density at radius 1 is 1.08 bits per heavy atom. The first kappa shape index (κ1) is 18.4. The molecule has 1 saturated heterocycles. The number of nitrogens with zero attached hydrogens (tertiary/aromatic N) is 1. The van der Waals surface area contributed by atoms with E-state index in [2.05, 4.69) is 0 Å². The van der Waals surface area contributed by atoms with E-state index < -0.39 is 0 Å². The Balaban J connectivity index is 1.97. The maximum atomic E-state index is 13.5. The highest BCUT2D eigenvalue weighted by atomic mass is 32.2. The van der Waals surface area contributed by atoms with Gasteiger partial charge in [-0.3, -0.25) is 4.79 Å². The van der Waals surface area contributed by atoms with Crippen LogP contribution in [-0.4, -0.2) is 37.9 Å². The monoisotopic (exact) mass is 377 g/mol. The standard InChI is InChI=1S/C19H20FNO4S/c1-23-15-9-17(25-3)16(24-2)8-14(15)19-21(18(22)11-26-19)10-12-5-4-6-13(20)7-12/h4-9,19H,10-11H2,1-3H3. The molecule has 0 bridgehead atoms. The highest BCUT2D eigenvalue weighted by Crippen LogP contribution is 2.46. The van der Waals surface area contributed by atoms with Crippen molar-refractivity contribution in [1.29, 1.82) is 0 Å². The van der Waals surface area contributed by atoms with Crippen LogP contribution in [0.15, 0.2) is 36.4 Å². The van der Waals surface area contributed by atoms with E-state index in [-0.39, 0.29) is 17.1 Å². The first-order chi connectivity index (χ1) is 12.6. The Morgan fingerprint density at radius 2 is 1.77 bits per heavy atom. The number of ether oxygens (including phenoxy) is 3. The van der Waals surface area contributed by atoms with Gasteiger partial charge in [-0.1, -0.05) is 12.1 Å². The zero-order valence-electron chi connectivity index (χ0n) is 14.8. The minimum absolute atomic E-state index is 0.00102. The minimum Gasteiger partial charge on any atom is -0.496 e. The second-order valence-corrected chi connectivity index (χ2v) is 6.83. The van der Waals surface area contributed by atoms with Crippen LogP contribution in [0.1, 0.15) is 16.5 Å². The van der Waals surface area contributed by atoms with Crippen molar-refractivity contribution in [3.05, 3.63) is 53.3 Å². The number of benzene rings is 2. The molecule has 3 rings (SSSR count). The van der Waals surface area contributed by atoms with Gasteiger partial charge in [-0.05, 0) is 23.8 Å². The molecule has 0 spiro atoms. The van der Waals surface area contributed by atoms with Crippen molar-refractivity contribution in [2.45, 2.75) is 11.9 Å². The zero-order chi connectivity index (χ0) is 18.7.